The molecule has 23 heavy (non-hydrogen) atoms. The average molecular weight is 330 g/mol. The number of hydrogen-bond donors (Lipinski definition) is 0. The zero-order chi connectivity index (χ0) is 16.2. The molecule has 3 rings (SSSR count). The Hall–Kier alpha value is -2.67. The van der Waals surface area contributed by atoms with Crippen LogP contribution in [0, 0.1) is 0 Å². The van der Waals surface area contributed by atoms with E-state index in [2.05, 4.69) is 4.98 Å². The van der Waals surface area contributed by atoms with E-state index in [0.717, 1.165) is 0 Å². The standard InChI is InChI=1S/C16H14N2O4S/c1-11(22-13-5-3-2-4-6-13)15(20)21-10-12-9-14(19)18-7-8-23-16(18)17-12/h2-9,11H,10H2,1H3/t11-/m0/s1. The monoisotopic (exact) mass is 330 g/mol. The number of nitrogens with zero attached hydrogens (tertiary/aromatic N) is 2. The Kier molecular flexibility index (Phi) is 4.38. The van der Waals surface area contributed by atoms with E-state index in [9.17, 15) is 9.59 Å². The second-order valence-corrected chi connectivity index (χ2v) is 5.70. The van der Waals surface area contributed by atoms with Gasteiger partial charge in [-0.2, -0.15) is 0 Å². The molecule has 3 aromatic rings. The summed E-state index contributed by atoms with van der Waals surface area (Å²) in [4.78, 5) is 28.6. The molecular formula is C16H14N2O4S. The Morgan fingerprint density at radius 2 is 2.13 bits per heavy atom. The van der Waals surface area contributed by atoms with E-state index in [1.165, 1.54) is 21.8 Å². The van der Waals surface area contributed by atoms with Crippen molar-refractivity contribution in [3.63, 3.8) is 0 Å². The van der Waals surface area contributed by atoms with Crippen LogP contribution >= 0.6 is 11.3 Å². The highest BCUT2D eigenvalue weighted by Crippen LogP contribution is 2.12. The molecule has 0 spiro atoms. The molecule has 2 heterocycles. The van der Waals surface area contributed by atoms with Crippen LogP contribution in [0.3, 0.4) is 0 Å². The van der Waals surface area contributed by atoms with Crippen LogP contribution < -0.4 is 10.3 Å². The van der Waals surface area contributed by atoms with Crippen molar-refractivity contribution in [1.29, 1.82) is 0 Å². The number of benzene rings is 1. The Morgan fingerprint density at radius 1 is 1.35 bits per heavy atom. The van der Waals surface area contributed by atoms with Crippen molar-refractivity contribution < 1.29 is 14.3 Å². The highest BCUT2D eigenvalue weighted by molar-refractivity contribution is 7.15. The van der Waals surface area contributed by atoms with Gasteiger partial charge in [0.15, 0.2) is 11.1 Å². The minimum absolute atomic E-state index is 0.0645. The molecule has 0 fully saturated rings. The predicted molar refractivity (Wildman–Crippen MR) is 85.7 cm³/mol. The van der Waals surface area contributed by atoms with Crippen LogP contribution in [-0.4, -0.2) is 21.5 Å². The highest BCUT2D eigenvalue weighted by atomic mass is 32.1. The molecule has 0 amide bonds. The van der Waals surface area contributed by atoms with Gasteiger partial charge in [0, 0.05) is 17.6 Å². The summed E-state index contributed by atoms with van der Waals surface area (Å²) in [7, 11) is 0. The van der Waals surface area contributed by atoms with E-state index in [4.69, 9.17) is 9.47 Å². The van der Waals surface area contributed by atoms with Crippen molar-refractivity contribution >= 4 is 22.3 Å². The van der Waals surface area contributed by atoms with Crippen LogP contribution in [0.15, 0.2) is 52.8 Å². The van der Waals surface area contributed by atoms with Crippen LogP contribution in [0.25, 0.3) is 4.96 Å². The zero-order valence-corrected chi connectivity index (χ0v) is 13.2. The average Bonchev–Trinajstić information content (AvgIpc) is 3.02. The van der Waals surface area contributed by atoms with Gasteiger partial charge in [-0.25, -0.2) is 9.78 Å². The summed E-state index contributed by atoms with van der Waals surface area (Å²) in [5.74, 6) is 0.0790. The zero-order valence-electron chi connectivity index (χ0n) is 12.3. The molecule has 0 saturated carbocycles. The van der Waals surface area contributed by atoms with Gasteiger partial charge in [0.2, 0.25) is 0 Å². The quantitative estimate of drug-likeness (QED) is 0.671. The first-order valence-electron chi connectivity index (χ1n) is 6.97. The summed E-state index contributed by atoms with van der Waals surface area (Å²) in [6.07, 6.45) is 0.907. The van der Waals surface area contributed by atoms with Gasteiger partial charge in [-0.1, -0.05) is 18.2 Å². The SMILES string of the molecule is C[C@H](Oc1ccccc1)C(=O)OCc1cc(=O)n2ccsc2n1. The normalized spacial score (nSPS) is 12.0. The van der Waals surface area contributed by atoms with Crippen molar-refractivity contribution in [2.45, 2.75) is 19.6 Å². The number of hydrogen-bond acceptors (Lipinski definition) is 6. The molecule has 6 nitrogen and oxygen atoms in total. The van der Waals surface area contributed by atoms with Crippen molar-refractivity contribution in [2.24, 2.45) is 0 Å². The molecule has 118 valence electrons. The lowest BCUT2D eigenvalue weighted by Gasteiger charge is -2.13. The van der Waals surface area contributed by atoms with Crippen LogP contribution in [-0.2, 0) is 16.1 Å². The molecule has 0 aliphatic rings. The van der Waals surface area contributed by atoms with Crippen molar-refractivity contribution in [3.8, 4) is 5.75 Å². The number of ether oxygens (including phenoxy) is 2. The molecular weight excluding hydrogens is 316 g/mol. The van der Waals surface area contributed by atoms with Gasteiger partial charge in [-0.15, -0.1) is 11.3 Å². The fourth-order valence-corrected chi connectivity index (χ4v) is 2.71. The van der Waals surface area contributed by atoms with E-state index < -0.39 is 12.1 Å². The summed E-state index contributed by atoms with van der Waals surface area (Å²) in [5.41, 5.74) is 0.216. The minimum Gasteiger partial charge on any atom is -0.479 e. The maximum Gasteiger partial charge on any atom is 0.347 e. The summed E-state index contributed by atoms with van der Waals surface area (Å²) in [5, 5.41) is 1.77. The van der Waals surface area contributed by atoms with Crippen LogP contribution in [0.2, 0.25) is 0 Å². The van der Waals surface area contributed by atoms with Crippen LogP contribution in [0.1, 0.15) is 12.6 Å². The second kappa shape index (κ2) is 6.62. The fourth-order valence-electron chi connectivity index (χ4n) is 1.98. The summed E-state index contributed by atoms with van der Waals surface area (Å²) in [6.45, 7) is 1.55. The molecule has 0 bridgehead atoms. The first-order chi connectivity index (χ1) is 11.1. The van der Waals surface area contributed by atoms with Gasteiger partial charge in [-0.05, 0) is 19.1 Å². The molecule has 1 aromatic carbocycles. The van der Waals surface area contributed by atoms with Gasteiger partial charge in [0.25, 0.3) is 5.56 Å². The molecule has 0 unspecified atom stereocenters. The molecule has 0 radical (unpaired) electrons. The smallest absolute Gasteiger partial charge is 0.347 e. The number of aromatic nitrogens is 2. The molecule has 0 N–H and O–H groups in total. The van der Waals surface area contributed by atoms with Gasteiger partial charge >= 0.3 is 5.97 Å². The third-order valence-corrected chi connectivity index (χ3v) is 3.86. The van der Waals surface area contributed by atoms with E-state index in [-0.39, 0.29) is 12.2 Å². The minimum atomic E-state index is -0.746. The molecule has 0 aliphatic carbocycles. The molecule has 0 aliphatic heterocycles. The Balaban J connectivity index is 1.62. The van der Waals surface area contributed by atoms with Gasteiger partial charge in [0.05, 0.1) is 5.69 Å². The Labute approximate surface area is 135 Å². The lowest BCUT2D eigenvalue weighted by Crippen LogP contribution is -2.26. The molecule has 7 heteroatoms. The van der Waals surface area contributed by atoms with Crippen molar-refractivity contribution in [2.75, 3.05) is 0 Å². The molecule has 0 saturated heterocycles. The second-order valence-electron chi connectivity index (χ2n) is 4.82. The third-order valence-electron chi connectivity index (χ3n) is 3.11. The van der Waals surface area contributed by atoms with E-state index in [1.807, 2.05) is 18.2 Å². The predicted octanol–water partition coefficient (Wildman–Crippen LogP) is 2.27. The van der Waals surface area contributed by atoms with Gasteiger partial charge in [-0.3, -0.25) is 9.20 Å². The van der Waals surface area contributed by atoms with Crippen molar-refractivity contribution in [3.05, 3.63) is 64.0 Å². The van der Waals surface area contributed by atoms with Crippen LogP contribution in [0.4, 0.5) is 0 Å². The first-order valence-corrected chi connectivity index (χ1v) is 7.85. The fraction of sp³-hybridized carbons (Fsp3) is 0.188. The maximum absolute atomic E-state index is 12.0. The van der Waals surface area contributed by atoms with E-state index >= 15 is 0 Å². The number of esters is 1. The number of thiazole rings is 1. The van der Waals surface area contributed by atoms with E-state index in [1.54, 1.807) is 30.6 Å². The number of carbonyl (C=O) groups excluding carboxylic acids is 1. The lowest BCUT2D eigenvalue weighted by atomic mass is 10.3. The van der Waals surface area contributed by atoms with Crippen molar-refractivity contribution in [1.82, 2.24) is 9.38 Å². The highest BCUT2D eigenvalue weighted by Gasteiger charge is 2.17. The van der Waals surface area contributed by atoms with Gasteiger partial charge in [0.1, 0.15) is 12.4 Å². The lowest BCUT2D eigenvalue weighted by molar-refractivity contribution is -0.152. The Morgan fingerprint density at radius 3 is 2.91 bits per heavy atom. The summed E-state index contributed by atoms with van der Waals surface area (Å²) < 4.78 is 12.1. The molecule has 2 aromatic heterocycles. The number of para-hydroxylation sites is 1. The maximum atomic E-state index is 12.0. The largest absolute Gasteiger partial charge is 0.479 e. The van der Waals surface area contributed by atoms with Gasteiger partial charge < -0.3 is 9.47 Å². The Bertz CT molecular complexity index is 872. The molecule has 1 atom stereocenters. The number of rotatable bonds is 5. The summed E-state index contributed by atoms with van der Waals surface area (Å²) in [6, 6.07) is 10.4. The first kappa shape index (κ1) is 15.2. The number of carbonyl (C=O) groups is 1. The van der Waals surface area contributed by atoms with Crippen LogP contribution in [0.5, 0.6) is 5.75 Å². The number of fused-ring (bicyclic) bond motifs is 1. The topological polar surface area (TPSA) is 69.9 Å². The third kappa shape index (κ3) is 3.57. The summed E-state index contributed by atoms with van der Waals surface area (Å²) >= 11 is 1.34. The van der Waals surface area contributed by atoms with E-state index in [0.29, 0.717) is 16.4 Å².